The Morgan fingerprint density at radius 3 is 1.43 bits per heavy atom. The number of rotatable bonds is 5. The molecular formula is C55H35F3N2. The fraction of sp³-hybridized carbons (Fsp3) is 0.0364. The maximum absolute atomic E-state index is 13.6. The molecule has 0 fully saturated rings. The number of benzene rings is 9. The van der Waals surface area contributed by atoms with Crippen molar-refractivity contribution in [3.8, 4) is 50.5 Å². The van der Waals surface area contributed by atoms with Crippen molar-refractivity contribution in [2.75, 3.05) is 0 Å². The van der Waals surface area contributed by atoms with Crippen LogP contribution in [-0.2, 0) is 6.18 Å². The van der Waals surface area contributed by atoms with Gasteiger partial charge in [-0.15, -0.1) is 0 Å². The van der Waals surface area contributed by atoms with E-state index in [9.17, 15) is 13.2 Å². The molecule has 0 bridgehead atoms. The number of fused-ring (bicyclic) bond motifs is 9. The van der Waals surface area contributed by atoms with Gasteiger partial charge in [-0.25, -0.2) is 4.98 Å². The molecule has 0 N–H and O–H groups in total. The molecule has 0 radical (unpaired) electrons. The van der Waals surface area contributed by atoms with Crippen molar-refractivity contribution < 1.29 is 13.2 Å². The second kappa shape index (κ2) is 13.8. The number of hydrogen-bond acceptors (Lipinski definition) is 1. The third kappa shape index (κ3) is 6.01. The van der Waals surface area contributed by atoms with Crippen molar-refractivity contribution in [3.63, 3.8) is 0 Å². The fourth-order valence-electron chi connectivity index (χ4n) is 8.86. The number of alkyl halides is 3. The standard InChI is InChI=1S/C55H35F3N2/c1-34-16-18-35(19-17-34)39-22-26-45-46(28-39)43-14-8-9-15-44(43)48-33-54-50(32-47(45)48)49-29-40(36-20-24-41(25-21-36)55(56,57)58)23-27-53(49)60(54)42-30-51(37-10-4-2-5-11-37)59-52(31-42)38-12-6-3-7-13-38/h2-33H,1H3. The molecule has 0 amide bonds. The van der Waals surface area contributed by atoms with Crippen molar-refractivity contribution in [3.05, 3.63) is 205 Å². The van der Waals surface area contributed by atoms with E-state index in [4.69, 9.17) is 4.98 Å². The summed E-state index contributed by atoms with van der Waals surface area (Å²) in [4.78, 5) is 5.19. The van der Waals surface area contributed by atoms with Crippen LogP contribution in [-0.4, -0.2) is 9.55 Å². The lowest BCUT2D eigenvalue weighted by atomic mass is 9.91. The molecule has 0 spiro atoms. The van der Waals surface area contributed by atoms with Crippen LogP contribution in [0.4, 0.5) is 13.2 Å². The highest BCUT2D eigenvalue weighted by molar-refractivity contribution is 6.29. The average molecular weight is 781 g/mol. The molecule has 0 aliphatic carbocycles. The molecule has 0 saturated carbocycles. The summed E-state index contributed by atoms with van der Waals surface area (Å²) in [6, 6.07) is 65.1. The molecule has 60 heavy (non-hydrogen) atoms. The van der Waals surface area contributed by atoms with E-state index in [1.165, 1.54) is 21.9 Å². The minimum atomic E-state index is -4.41. The Kier molecular flexibility index (Phi) is 8.21. The van der Waals surface area contributed by atoms with Gasteiger partial charge in [0, 0.05) is 21.9 Å². The zero-order valence-corrected chi connectivity index (χ0v) is 32.5. The quantitative estimate of drug-likeness (QED) is 0.159. The zero-order chi connectivity index (χ0) is 40.5. The Labute approximate surface area is 344 Å². The van der Waals surface area contributed by atoms with Gasteiger partial charge in [0.2, 0.25) is 0 Å². The Bertz CT molecular complexity index is 3380. The Morgan fingerprint density at radius 2 is 0.833 bits per heavy atom. The monoisotopic (exact) mass is 780 g/mol. The highest BCUT2D eigenvalue weighted by atomic mass is 19.4. The maximum atomic E-state index is 13.6. The number of nitrogens with zero attached hydrogens (tertiary/aromatic N) is 2. The summed E-state index contributed by atoms with van der Waals surface area (Å²) in [5, 5.41) is 9.00. The number of pyridine rings is 1. The van der Waals surface area contributed by atoms with Crippen LogP contribution >= 0.6 is 0 Å². The SMILES string of the molecule is Cc1ccc(-c2ccc3c(c2)c2ccccc2c2cc4c(cc32)c2cc(-c3ccc(C(F)(F)F)cc3)ccc2n4-c2cc(-c3ccccc3)nc(-c3ccccc3)c2)cc1. The summed E-state index contributed by atoms with van der Waals surface area (Å²) < 4.78 is 43.1. The number of hydrogen-bond donors (Lipinski definition) is 0. The van der Waals surface area contributed by atoms with Crippen LogP contribution in [0.15, 0.2) is 194 Å². The van der Waals surface area contributed by atoms with E-state index in [1.807, 2.05) is 42.5 Å². The Hall–Kier alpha value is -7.50. The van der Waals surface area contributed by atoms with E-state index >= 15 is 0 Å². The van der Waals surface area contributed by atoms with Gasteiger partial charge in [0.05, 0.1) is 33.7 Å². The number of aryl methyl sites for hydroxylation is 1. The predicted octanol–water partition coefficient (Wildman–Crippen LogP) is 15.6. The van der Waals surface area contributed by atoms with E-state index in [1.54, 1.807) is 12.1 Å². The predicted molar refractivity (Wildman–Crippen MR) is 243 cm³/mol. The lowest BCUT2D eigenvalue weighted by molar-refractivity contribution is -0.137. The smallest absolute Gasteiger partial charge is 0.309 e. The summed E-state index contributed by atoms with van der Waals surface area (Å²) >= 11 is 0. The minimum absolute atomic E-state index is 0.666. The van der Waals surface area contributed by atoms with Crippen LogP contribution in [0.1, 0.15) is 11.1 Å². The largest absolute Gasteiger partial charge is 0.416 e. The van der Waals surface area contributed by atoms with Crippen molar-refractivity contribution in [1.29, 1.82) is 0 Å². The normalized spacial score (nSPS) is 12.0. The molecular weight excluding hydrogens is 746 g/mol. The van der Waals surface area contributed by atoms with Crippen LogP contribution in [0.2, 0.25) is 0 Å². The molecule has 0 saturated heterocycles. The molecule has 286 valence electrons. The van der Waals surface area contributed by atoms with Gasteiger partial charge in [0.1, 0.15) is 0 Å². The lowest BCUT2D eigenvalue weighted by Gasteiger charge is -2.15. The minimum Gasteiger partial charge on any atom is -0.309 e. The van der Waals surface area contributed by atoms with Crippen LogP contribution in [0, 0.1) is 6.92 Å². The van der Waals surface area contributed by atoms with Crippen LogP contribution < -0.4 is 0 Å². The first-order valence-electron chi connectivity index (χ1n) is 20.0. The summed E-state index contributed by atoms with van der Waals surface area (Å²) in [5.41, 5.74) is 11.1. The van der Waals surface area contributed by atoms with Crippen LogP contribution in [0.25, 0.3) is 105 Å². The second-order valence-corrected chi connectivity index (χ2v) is 15.6. The molecule has 11 rings (SSSR count). The summed E-state index contributed by atoms with van der Waals surface area (Å²) in [7, 11) is 0. The lowest BCUT2D eigenvalue weighted by Crippen LogP contribution is -2.03. The molecule has 0 aliphatic heterocycles. The summed E-state index contributed by atoms with van der Waals surface area (Å²) in [6.45, 7) is 2.10. The third-order valence-corrected chi connectivity index (χ3v) is 11.9. The second-order valence-electron chi connectivity index (χ2n) is 15.6. The zero-order valence-electron chi connectivity index (χ0n) is 32.5. The topological polar surface area (TPSA) is 17.8 Å². The Balaban J connectivity index is 1.23. The van der Waals surface area contributed by atoms with Gasteiger partial charge in [-0.2, -0.15) is 13.2 Å². The molecule has 2 heterocycles. The molecule has 9 aromatic carbocycles. The molecule has 2 aromatic heterocycles. The van der Waals surface area contributed by atoms with Gasteiger partial charge in [-0.05, 0) is 116 Å². The molecule has 2 nitrogen and oxygen atoms in total. The van der Waals surface area contributed by atoms with Crippen LogP contribution in [0.3, 0.4) is 0 Å². The first-order valence-corrected chi connectivity index (χ1v) is 20.0. The fourth-order valence-corrected chi connectivity index (χ4v) is 8.86. The van der Waals surface area contributed by atoms with Crippen molar-refractivity contribution >= 4 is 54.1 Å². The first-order chi connectivity index (χ1) is 29.3. The third-order valence-electron chi connectivity index (χ3n) is 11.9. The molecule has 5 heteroatoms. The van der Waals surface area contributed by atoms with E-state index < -0.39 is 11.7 Å². The number of halogens is 3. The van der Waals surface area contributed by atoms with Gasteiger partial charge >= 0.3 is 6.18 Å². The highest BCUT2D eigenvalue weighted by Crippen LogP contribution is 2.43. The molecule has 0 unspecified atom stereocenters. The number of aromatic nitrogens is 2. The average Bonchev–Trinajstić information content (AvgIpc) is 3.61. The highest BCUT2D eigenvalue weighted by Gasteiger charge is 2.30. The van der Waals surface area contributed by atoms with Crippen LogP contribution in [0.5, 0.6) is 0 Å². The summed E-state index contributed by atoms with van der Waals surface area (Å²) in [5.74, 6) is 0. The van der Waals surface area contributed by atoms with Crippen molar-refractivity contribution in [2.24, 2.45) is 0 Å². The van der Waals surface area contributed by atoms with Crippen molar-refractivity contribution in [1.82, 2.24) is 9.55 Å². The maximum Gasteiger partial charge on any atom is 0.416 e. The van der Waals surface area contributed by atoms with Gasteiger partial charge in [0.25, 0.3) is 0 Å². The van der Waals surface area contributed by atoms with E-state index in [0.29, 0.717) is 5.56 Å². The van der Waals surface area contributed by atoms with E-state index in [2.05, 4.69) is 139 Å². The Morgan fingerprint density at radius 1 is 0.367 bits per heavy atom. The van der Waals surface area contributed by atoms with Gasteiger partial charge < -0.3 is 4.57 Å². The van der Waals surface area contributed by atoms with E-state index in [0.717, 1.165) is 94.8 Å². The molecule has 11 aromatic rings. The van der Waals surface area contributed by atoms with Gasteiger partial charge in [-0.1, -0.05) is 145 Å². The van der Waals surface area contributed by atoms with Gasteiger partial charge in [-0.3, -0.25) is 0 Å². The van der Waals surface area contributed by atoms with Gasteiger partial charge in [0.15, 0.2) is 0 Å². The molecule has 0 aliphatic rings. The van der Waals surface area contributed by atoms with E-state index in [-0.39, 0.29) is 0 Å². The van der Waals surface area contributed by atoms with Crippen molar-refractivity contribution in [2.45, 2.75) is 13.1 Å². The first kappa shape index (κ1) is 35.6. The summed E-state index contributed by atoms with van der Waals surface area (Å²) in [6.07, 6.45) is -4.41. The molecule has 0 atom stereocenters.